The quantitative estimate of drug-likeness (QED) is 0.520. The van der Waals surface area contributed by atoms with Crippen molar-refractivity contribution in [3.8, 4) is 47.7 Å². The van der Waals surface area contributed by atoms with Crippen LogP contribution in [-0.2, 0) is 0 Å². The van der Waals surface area contributed by atoms with E-state index in [1.54, 1.807) is 0 Å². The molecule has 0 saturated carbocycles. The van der Waals surface area contributed by atoms with Crippen LogP contribution in [0.4, 0.5) is 0 Å². The van der Waals surface area contributed by atoms with Crippen molar-refractivity contribution in [2.75, 3.05) is 6.61 Å². The molecular formula is C23H22O2. The molecule has 0 aliphatic carbocycles. The smallest absolute Gasteiger partial charge is 0.148 e. The third kappa shape index (κ3) is 5.24. The van der Waals surface area contributed by atoms with E-state index in [-0.39, 0.29) is 0 Å². The summed E-state index contributed by atoms with van der Waals surface area (Å²) in [5.74, 6) is 11.3. The molecule has 2 nitrogen and oxygen atoms in total. The van der Waals surface area contributed by atoms with Gasteiger partial charge in [0.2, 0.25) is 0 Å². The van der Waals surface area contributed by atoms with Crippen LogP contribution >= 0.6 is 0 Å². The van der Waals surface area contributed by atoms with E-state index in [9.17, 15) is 0 Å². The lowest BCUT2D eigenvalue weighted by atomic mass is 10.1. The van der Waals surface area contributed by atoms with E-state index < -0.39 is 0 Å². The molecule has 0 atom stereocenters. The number of hydrogen-bond acceptors (Lipinski definition) is 2. The third-order valence-corrected chi connectivity index (χ3v) is 3.82. The highest BCUT2D eigenvalue weighted by Crippen LogP contribution is 2.34. The third-order valence-electron chi connectivity index (χ3n) is 3.82. The van der Waals surface area contributed by atoms with Gasteiger partial charge in [0.05, 0.1) is 6.61 Å². The van der Waals surface area contributed by atoms with Crippen LogP contribution in [0.15, 0.2) is 30.3 Å². The summed E-state index contributed by atoms with van der Waals surface area (Å²) in [4.78, 5) is 0. The van der Waals surface area contributed by atoms with E-state index in [2.05, 4.69) is 43.6 Å². The van der Waals surface area contributed by atoms with Crippen molar-refractivity contribution in [3.05, 3.63) is 35.9 Å². The molecule has 0 unspecified atom stereocenters. The fourth-order valence-corrected chi connectivity index (χ4v) is 2.57. The first kappa shape index (κ1) is 18.3. The highest BCUT2D eigenvalue weighted by Gasteiger charge is 2.09. The van der Waals surface area contributed by atoms with Crippen molar-refractivity contribution < 1.29 is 9.47 Å². The first-order valence-corrected chi connectivity index (χ1v) is 8.55. The lowest BCUT2D eigenvalue weighted by Crippen LogP contribution is -2.00. The first-order chi connectivity index (χ1) is 12.3. The molecule has 0 fully saturated rings. The number of terminal acetylenes is 1. The summed E-state index contributed by atoms with van der Waals surface area (Å²) in [6.45, 7) is 4.99. The topological polar surface area (TPSA) is 18.5 Å². The van der Waals surface area contributed by atoms with E-state index in [4.69, 9.17) is 15.9 Å². The Kier molecular flexibility index (Phi) is 7.31. The predicted molar refractivity (Wildman–Crippen MR) is 103 cm³/mol. The molecule has 0 amide bonds. The number of hydrogen-bond donors (Lipinski definition) is 0. The van der Waals surface area contributed by atoms with Crippen molar-refractivity contribution in [3.63, 3.8) is 0 Å². The van der Waals surface area contributed by atoms with Crippen molar-refractivity contribution >= 4 is 10.8 Å². The number of benzene rings is 2. The second-order valence-electron chi connectivity index (χ2n) is 5.70. The van der Waals surface area contributed by atoms with Crippen LogP contribution in [0.3, 0.4) is 0 Å². The van der Waals surface area contributed by atoms with Gasteiger partial charge in [0, 0.05) is 22.6 Å². The maximum absolute atomic E-state index is 6.07. The SMILES string of the molecule is C#CC#CC#COc1cccc2c(OCCCCCC)c(C)ccc12. The van der Waals surface area contributed by atoms with Crippen LogP contribution in [0.25, 0.3) is 10.8 Å². The van der Waals surface area contributed by atoms with Gasteiger partial charge in [-0.2, -0.15) is 0 Å². The average molecular weight is 330 g/mol. The molecular weight excluding hydrogens is 308 g/mol. The minimum atomic E-state index is 0.684. The number of aryl methyl sites for hydroxylation is 1. The van der Waals surface area contributed by atoms with Crippen LogP contribution in [0.5, 0.6) is 11.5 Å². The van der Waals surface area contributed by atoms with E-state index in [1.165, 1.54) is 19.3 Å². The zero-order valence-corrected chi connectivity index (χ0v) is 14.8. The molecule has 0 spiro atoms. The monoisotopic (exact) mass is 330 g/mol. The van der Waals surface area contributed by atoms with E-state index >= 15 is 0 Å². The molecule has 0 bridgehead atoms. The molecule has 0 radical (unpaired) electrons. The molecule has 2 aromatic rings. The Morgan fingerprint density at radius 2 is 1.84 bits per heavy atom. The summed E-state index contributed by atoms with van der Waals surface area (Å²) >= 11 is 0. The molecule has 25 heavy (non-hydrogen) atoms. The first-order valence-electron chi connectivity index (χ1n) is 8.55. The fraction of sp³-hybridized carbons (Fsp3) is 0.304. The van der Waals surface area contributed by atoms with Gasteiger partial charge in [0.25, 0.3) is 0 Å². The van der Waals surface area contributed by atoms with Crippen molar-refractivity contribution in [1.29, 1.82) is 0 Å². The average Bonchev–Trinajstić information content (AvgIpc) is 2.63. The molecule has 2 aromatic carbocycles. The van der Waals surface area contributed by atoms with E-state index in [1.807, 2.05) is 30.3 Å². The fourth-order valence-electron chi connectivity index (χ4n) is 2.57. The maximum Gasteiger partial charge on any atom is 0.148 e. The van der Waals surface area contributed by atoms with Crippen LogP contribution in [0.1, 0.15) is 38.2 Å². The van der Waals surface area contributed by atoms with Crippen molar-refractivity contribution in [1.82, 2.24) is 0 Å². The number of fused-ring (bicyclic) bond motifs is 1. The number of ether oxygens (including phenoxy) is 2. The van der Waals surface area contributed by atoms with Gasteiger partial charge in [-0.25, -0.2) is 0 Å². The Hall–Kier alpha value is -3.02. The Morgan fingerprint density at radius 1 is 0.960 bits per heavy atom. The highest BCUT2D eigenvalue weighted by molar-refractivity contribution is 5.94. The van der Waals surface area contributed by atoms with Crippen LogP contribution < -0.4 is 9.47 Å². The summed E-state index contributed by atoms with van der Waals surface area (Å²) in [6.07, 6.45) is 12.4. The van der Waals surface area contributed by atoms with Crippen LogP contribution in [0, 0.1) is 43.1 Å². The second-order valence-corrected chi connectivity index (χ2v) is 5.70. The van der Waals surface area contributed by atoms with Gasteiger partial charge >= 0.3 is 0 Å². The highest BCUT2D eigenvalue weighted by atomic mass is 16.5. The van der Waals surface area contributed by atoms with Gasteiger partial charge < -0.3 is 9.47 Å². The summed E-state index contributed by atoms with van der Waals surface area (Å²) < 4.78 is 11.6. The van der Waals surface area contributed by atoms with Crippen LogP contribution in [0.2, 0.25) is 0 Å². The molecule has 0 aliphatic rings. The maximum atomic E-state index is 6.07. The van der Waals surface area contributed by atoms with E-state index in [0.717, 1.165) is 35.1 Å². The van der Waals surface area contributed by atoms with Gasteiger partial charge in [-0.15, -0.1) is 6.42 Å². The molecule has 0 saturated heterocycles. The minimum absolute atomic E-state index is 0.684. The Balaban J connectivity index is 2.22. The Morgan fingerprint density at radius 3 is 2.64 bits per heavy atom. The van der Waals surface area contributed by atoms with Gasteiger partial charge in [-0.05, 0) is 36.8 Å². The van der Waals surface area contributed by atoms with Gasteiger partial charge in [0.15, 0.2) is 0 Å². The molecule has 0 N–H and O–H groups in total. The molecule has 126 valence electrons. The van der Waals surface area contributed by atoms with Crippen LogP contribution in [-0.4, -0.2) is 6.61 Å². The van der Waals surface area contributed by atoms with Crippen molar-refractivity contribution in [2.45, 2.75) is 39.5 Å². The number of unbranched alkanes of at least 4 members (excludes halogenated alkanes) is 3. The zero-order chi connectivity index (χ0) is 17.9. The Bertz CT molecular complexity index is 880. The standard InChI is InChI=1S/C23H22O2/c1-4-6-8-10-17-24-22-14-12-13-21-20(22)16-15-19(3)23(21)25-18-11-9-7-5-2/h1,12-16H,5,7,9,11,18H2,2-3H3. The summed E-state index contributed by atoms with van der Waals surface area (Å²) in [6, 6.07) is 9.94. The van der Waals surface area contributed by atoms with E-state index in [0.29, 0.717) is 5.75 Å². The van der Waals surface area contributed by atoms with Gasteiger partial charge in [0.1, 0.15) is 17.6 Å². The van der Waals surface area contributed by atoms with Crippen molar-refractivity contribution in [2.24, 2.45) is 0 Å². The predicted octanol–water partition coefficient (Wildman–Crippen LogP) is 5.08. The summed E-state index contributed by atoms with van der Waals surface area (Å²) in [7, 11) is 0. The molecule has 2 heteroatoms. The molecule has 0 aliphatic heterocycles. The van der Waals surface area contributed by atoms with Gasteiger partial charge in [-0.3, -0.25) is 0 Å². The largest absolute Gasteiger partial charge is 0.493 e. The molecule has 0 aromatic heterocycles. The Labute approximate surface area is 150 Å². The zero-order valence-electron chi connectivity index (χ0n) is 14.8. The summed E-state index contributed by atoms with van der Waals surface area (Å²) in [5.41, 5.74) is 1.12. The molecule has 2 rings (SSSR count). The molecule has 0 heterocycles. The normalized spacial score (nSPS) is 9.32. The van der Waals surface area contributed by atoms with Gasteiger partial charge in [-0.1, -0.05) is 50.5 Å². The summed E-state index contributed by atoms with van der Waals surface area (Å²) in [5, 5.41) is 2.00. The lowest BCUT2D eigenvalue weighted by molar-refractivity contribution is 0.306. The lowest BCUT2D eigenvalue weighted by Gasteiger charge is -2.13. The second kappa shape index (κ2) is 9.97. The minimum Gasteiger partial charge on any atom is -0.493 e. The number of rotatable bonds is 7.